The van der Waals surface area contributed by atoms with Crippen LogP contribution in [0.25, 0.3) is 0 Å². The van der Waals surface area contributed by atoms with Gasteiger partial charge in [0, 0.05) is 16.4 Å². The lowest BCUT2D eigenvalue weighted by Crippen LogP contribution is -2.11. The minimum atomic E-state index is 0.352. The SMILES string of the molecule is NNc1ncc(Br)c(Nc2cccc(Br)c2)n1. The van der Waals surface area contributed by atoms with Gasteiger partial charge in [-0.1, -0.05) is 22.0 Å². The van der Waals surface area contributed by atoms with Crippen LogP contribution in [-0.4, -0.2) is 9.97 Å². The molecule has 0 radical (unpaired) electrons. The van der Waals surface area contributed by atoms with Crippen LogP contribution in [0, 0.1) is 0 Å². The second-order valence-electron chi connectivity index (χ2n) is 3.17. The Kier molecular flexibility index (Phi) is 3.93. The van der Waals surface area contributed by atoms with Gasteiger partial charge in [-0.3, -0.25) is 5.43 Å². The van der Waals surface area contributed by atoms with E-state index < -0.39 is 0 Å². The van der Waals surface area contributed by atoms with Crippen molar-refractivity contribution in [3.8, 4) is 0 Å². The monoisotopic (exact) mass is 357 g/mol. The summed E-state index contributed by atoms with van der Waals surface area (Å²) in [5.74, 6) is 6.26. The minimum absolute atomic E-state index is 0.352. The highest BCUT2D eigenvalue weighted by Crippen LogP contribution is 2.25. The van der Waals surface area contributed by atoms with E-state index in [0.717, 1.165) is 14.6 Å². The summed E-state index contributed by atoms with van der Waals surface area (Å²) in [6.07, 6.45) is 1.63. The second-order valence-corrected chi connectivity index (χ2v) is 4.94. The number of nitrogens with two attached hydrogens (primary N) is 1. The molecule has 17 heavy (non-hydrogen) atoms. The van der Waals surface area contributed by atoms with Crippen LogP contribution in [0.3, 0.4) is 0 Å². The lowest BCUT2D eigenvalue weighted by Gasteiger charge is -2.08. The molecule has 0 unspecified atom stereocenters. The molecule has 2 rings (SSSR count). The first-order chi connectivity index (χ1) is 8.19. The third-order valence-electron chi connectivity index (χ3n) is 1.96. The summed E-state index contributed by atoms with van der Waals surface area (Å²) >= 11 is 6.77. The van der Waals surface area contributed by atoms with E-state index in [-0.39, 0.29) is 0 Å². The van der Waals surface area contributed by atoms with Crippen LogP contribution in [0.1, 0.15) is 0 Å². The predicted octanol–water partition coefficient (Wildman–Crippen LogP) is 3.03. The normalized spacial score (nSPS) is 10.1. The molecule has 0 aliphatic rings. The van der Waals surface area contributed by atoms with Crippen LogP contribution < -0.4 is 16.6 Å². The summed E-state index contributed by atoms with van der Waals surface area (Å²) in [6.45, 7) is 0. The van der Waals surface area contributed by atoms with Gasteiger partial charge in [0.1, 0.15) is 5.82 Å². The molecule has 0 saturated carbocycles. The maximum absolute atomic E-state index is 5.26. The fraction of sp³-hybridized carbons (Fsp3) is 0. The van der Waals surface area contributed by atoms with Crippen LogP contribution in [0.5, 0.6) is 0 Å². The Morgan fingerprint density at radius 1 is 1.24 bits per heavy atom. The summed E-state index contributed by atoms with van der Waals surface area (Å²) in [4.78, 5) is 8.17. The van der Waals surface area contributed by atoms with Crippen molar-refractivity contribution in [2.75, 3.05) is 10.7 Å². The largest absolute Gasteiger partial charge is 0.339 e. The highest BCUT2D eigenvalue weighted by molar-refractivity contribution is 9.10. The van der Waals surface area contributed by atoms with Gasteiger partial charge in [-0.2, -0.15) is 4.98 Å². The average molecular weight is 359 g/mol. The maximum Gasteiger partial charge on any atom is 0.239 e. The van der Waals surface area contributed by atoms with E-state index in [1.54, 1.807) is 6.20 Å². The van der Waals surface area contributed by atoms with Gasteiger partial charge in [-0.05, 0) is 34.1 Å². The van der Waals surface area contributed by atoms with E-state index in [9.17, 15) is 0 Å². The molecule has 1 aromatic carbocycles. The van der Waals surface area contributed by atoms with E-state index in [2.05, 4.69) is 52.6 Å². The molecule has 0 atom stereocenters. The smallest absolute Gasteiger partial charge is 0.239 e. The maximum atomic E-state index is 5.26. The number of hydrogen-bond acceptors (Lipinski definition) is 5. The van der Waals surface area contributed by atoms with Crippen LogP contribution in [0.4, 0.5) is 17.5 Å². The Bertz CT molecular complexity index is 532. The molecular formula is C10H9Br2N5. The van der Waals surface area contributed by atoms with Gasteiger partial charge in [0.25, 0.3) is 0 Å². The number of hydrogen-bond donors (Lipinski definition) is 3. The first-order valence-corrected chi connectivity index (χ1v) is 6.29. The van der Waals surface area contributed by atoms with Crippen molar-refractivity contribution in [1.82, 2.24) is 9.97 Å². The van der Waals surface area contributed by atoms with Crippen molar-refractivity contribution in [3.05, 3.63) is 39.4 Å². The highest BCUT2D eigenvalue weighted by Gasteiger charge is 2.04. The first-order valence-electron chi connectivity index (χ1n) is 4.71. The van der Waals surface area contributed by atoms with Gasteiger partial charge in [0.15, 0.2) is 0 Å². The molecule has 1 heterocycles. The van der Waals surface area contributed by atoms with Crippen molar-refractivity contribution in [1.29, 1.82) is 0 Å². The van der Waals surface area contributed by atoms with Crippen LogP contribution in [0.2, 0.25) is 0 Å². The molecule has 0 amide bonds. The second kappa shape index (κ2) is 5.44. The van der Waals surface area contributed by atoms with Crippen molar-refractivity contribution in [3.63, 3.8) is 0 Å². The van der Waals surface area contributed by atoms with Crippen molar-refractivity contribution in [2.24, 2.45) is 5.84 Å². The van der Waals surface area contributed by atoms with Gasteiger partial charge in [0.2, 0.25) is 5.95 Å². The van der Waals surface area contributed by atoms with Crippen LogP contribution >= 0.6 is 31.9 Å². The molecule has 1 aromatic heterocycles. The molecular weight excluding hydrogens is 350 g/mol. The Labute approximate surface area is 115 Å². The standard InChI is InChI=1S/C10H9Br2N5/c11-6-2-1-3-7(4-6)15-9-8(12)5-14-10(16-9)17-13/h1-5H,13H2,(H2,14,15,16,17). The predicted molar refractivity (Wildman–Crippen MR) is 75.0 cm³/mol. The number of halogens is 2. The van der Waals surface area contributed by atoms with Crippen molar-refractivity contribution in [2.45, 2.75) is 0 Å². The fourth-order valence-corrected chi connectivity index (χ4v) is 1.92. The Balaban J connectivity index is 2.29. The fourth-order valence-electron chi connectivity index (χ4n) is 1.23. The molecule has 5 nitrogen and oxygen atoms in total. The highest BCUT2D eigenvalue weighted by atomic mass is 79.9. The first kappa shape index (κ1) is 12.3. The summed E-state index contributed by atoms with van der Waals surface area (Å²) in [7, 11) is 0. The lowest BCUT2D eigenvalue weighted by molar-refractivity contribution is 1.11. The number of rotatable bonds is 3. The van der Waals surface area contributed by atoms with Gasteiger partial charge < -0.3 is 5.32 Å². The van der Waals surface area contributed by atoms with Gasteiger partial charge in [-0.15, -0.1) is 0 Å². The number of anilines is 3. The van der Waals surface area contributed by atoms with Gasteiger partial charge >= 0.3 is 0 Å². The van der Waals surface area contributed by atoms with E-state index in [0.29, 0.717) is 11.8 Å². The molecule has 88 valence electrons. The molecule has 2 aromatic rings. The number of hydrazine groups is 1. The third-order valence-corrected chi connectivity index (χ3v) is 3.03. The molecule has 0 fully saturated rings. The average Bonchev–Trinajstić information content (AvgIpc) is 2.32. The summed E-state index contributed by atoms with van der Waals surface area (Å²) in [6, 6.07) is 7.77. The quantitative estimate of drug-likeness (QED) is 0.580. The minimum Gasteiger partial charge on any atom is -0.339 e. The lowest BCUT2D eigenvalue weighted by atomic mass is 10.3. The van der Waals surface area contributed by atoms with Crippen LogP contribution in [-0.2, 0) is 0 Å². The molecule has 7 heteroatoms. The summed E-state index contributed by atoms with van der Waals surface area (Å²) in [5, 5.41) is 3.16. The van der Waals surface area contributed by atoms with Crippen LogP contribution in [0.15, 0.2) is 39.4 Å². The Morgan fingerprint density at radius 2 is 2.06 bits per heavy atom. The van der Waals surface area contributed by atoms with E-state index in [4.69, 9.17) is 5.84 Å². The number of nitrogen functional groups attached to an aromatic ring is 1. The van der Waals surface area contributed by atoms with Crippen molar-refractivity contribution >= 4 is 49.3 Å². The molecule has 0 aliphatic carbocycles. The molecule has 0 spiro atoms. The molecule has 0 aliphatic heterocycles. The zero-order valence-corrected chi connectivity index (χ0v) is 11.8. The number of benzene rings is 1. The number of aromatic nitrogens is 2. The third kappa shape index (κ3) is 3.15. The zero-order valence-electron chi connectivity index (χ0n) is 8.61. The molecule has 4 N–H and O–H groups in total. The van der Waals surface area contributed by atoms with E-state index in [1.165, 1.54) is 0 Å². The molecule has 0 saturated heterocycles. The van der Waals surface area contributed by atoms with Gasteiger partial charge in [0.05, 0.1) is 4.47 Å². The van der Waals surface area contributed by atoms with E-state index >= 15 is 0 Å². The van der Waals surface area contributed by atoms with Gasteiger partial charge in [-0.25, -0.2) is 10.8 Å². The Hall–Kier alpha value is -1.18. The summed E-state index contributed by atoms with van der Waals surface area (Å²) in [5.41, 5.74) is 3.32. The zero-order chi connectivity index (χ0) is 12.3. The van der Waals surface area contributed by atoms with E-state index in [1.807, 2.05) is 24.3 Å². The topological polar surface area (TPSA) is 75.9 Å². The number of nitrogens with one attached hydrogen (secondary N) is 2. The summed E-state index contributed by atoms with van der Waals surface area (Å²) < 4.78 is 1.75. The molecule has 0 bridgehead atoms. The number of nitrogens with zero attached hydrogens (tertiary/aromatic N) is 2. The van der Waals surface area contributed by atoms with Crippen molar-refractivity contribution < 1.29 is 0 Å². The Morgan fingerprint density at radius 3 is 2.76 bits per heavy atom.